The molecule has 0 radical (unpaired) electrons. The van der Waals surface area contributed by atoms with E-state index in [4.69, 9.17) is 0 Å². The molecule has 0 heterocycles. The third-order valence-electron chi connectivity index (χ3n) is 10.3. The Labute approximate surface area is 198 Å². The number of allylic oxidation sites excluding steroid dienone is 1. The van der Waals surface area contributed by atoms with Gasteiger partial charge in [-0.1, -0.05) is 18.9 Å². The predicted molar refractivity (Wildman–Crippen MR) is 128 cm³/mol. The van der Waals surface area contributed by atoms with Crippen molar-refractivity contribution < 1.29 is 13.2 Å². The topological polar surface area (TPSA) is 0 Å². The molecule has 0 bridgehead atoms. The van der Waals surface area contributed by atoms with Gasteiger partial charge in [0.25, 0.3) is 0 Å². The summed E-state index contributed by atoms with van der Waals surface area (Å²) < 4.78 is 41.6. The number of rotatable bonds is 5. The van der Waals surface area contributed by atoms with Gasteiger partial charge in [-0.25, -0.2) is 13.2 Å². The normalized spacial score (nSPS) is 36.6. The molecule has 1 aromatic carbocycles. The molecule has 0 N–H and O–H groups in total. The Kier molecular flexibility index (Phi) is 7.23. The standard InChI is InChI=1S/C30H41F3/c1-2-3-4-19-5-7-20(8-6-19)21-9-10-23-16-24(12-11-22(23)15-21)25-13-14-27-26(17-25)18-28(31)30(33)29(27)32/h2,18-25H,1,3-17H2. The van der Waals surface area contributed by atoms with Crippen LogP contribution in [-0.4, -0.2) is 0 Å². The molecule has 182 valence electrons. The van der Waals surface area contributed by atoms with Crippen LogP contribution >= 0.6 is 0 Å². The van der Waals surface area contributed by atoms with Gasteiger partial charge in [-0.3, -0.25) is 0 Å². The fourth-order valence-electron chi connectivity index (χ4n) is 8.37. The van der Waals surface area contributed by atoms with Crippen molar-refractivity contribution in [2.24, 2.45) is 41.4 Å². The zero-order valence-corrected chi connectivity index (χ0v) is 20.1. The minimum atomic E-state index is -1.30. The maximum Gasteiger partial charge on any atom is 0.194 e. The van der Waals surface area contributed by atoms with Crippen LogP contribution in [0.4, 0.5) is 13.2 Å². The second kappa shape index (κ2) is 10.2. The molecular weight excluding hydrogens is 417 g/mol. The van der Waals surface area contributed by atoms with E-state index >= 15 is 0 Å². The van der Waals surface area contributed by atoms with E-state index in [0.29, 0.717) is 23.8 Å². The zero-order valence-electron chi connectivity index (χ0n) is 20.1. The van der Waals surface area contributed by atoms with E-state index in [9.17, 15) is 13.2 Å². The van der Waals surface area contributed by atoms with E-state index in [2.05, 4.69) is 12.7 Å². The van der Waals surface area contributed by atoms with Crippen molar-refractivity contribution in [2.75, 3.05) is 0 Å². The molecule has 4 aliphatic carbocycles. The molecule has 0 aromatic heterocycles. The zero-order chi connectivity index (χ0) is 22.9. The molecule has 33 heavy (non-hydrogen) atoms. The van der Waals surface area contributed by atoms with Crippen molar-refractivity contribution in [1.82, 2.24) is 0 Å². The van der Waals surface area contributed by atoms with Gasteiger partial charge in [-0.2, -0.15) is 0 Å². The summed E-state index contributed by atoms with van der Waals surface area (Å²) in [5, 5.41) is 0. The Morgan fingerprint density at radius 3 is 1.94 bits per heavy atom. The van der Waals surface area contributed by atoms with Crippen molar-refractivity contribution in [3.8, 4) is 0 Å². The van der Waals surface area contributed by atoms with Crippen LogP contribution in [0.2, 0.25) is 0 Å². The minimum Gasteiger partial charge on any atom is -0.204 e. The lowest BCUT2D eigenvalue weighted by molar-refractivity contribution is 0.0439. The van der Waals surface area contributed by atoms with E-state index < -0.39 is 17.5 Å². The quantitative estimate of drug-likeness (QED) is 0.305. The molecule has 0 nitrogen and oxygen atoms in total. The lowest BCUT2D eigenvalue weighted by atomic mass is 9.58. The highest BCUT2D eigenvalue weighted by Crippen LogP contribution is 2.51. The monoisotopic (exact) mass is 458 g/mol. The predicted octanol–water partition coefficient (Wildman–Crippen LogP) is 8.81. The van der Waals surface area contributed by atoms with E-state index in [0.717, 1.165) is 48.0 Å². The molecule has 0 aliphatic heterocycles. The summed E-state index contributed by atoms with van der Waals surface area (Å²) >= 11 is 0. The summed E-state index contributed by atoms with van der Waals surface area (Å²) in [5.41, 5.74) is 1.15. The SMILES string of the molecule is C=CCCC1CCC(C2CCC3CC(C4CCc5c(cc(F)c(F)c5F)C4)CCC3C2)CC1. The van der Waals surface area contributed by atoms with Gasteiger partial charge in [-0.15, -0.1) is 6.58 Å². The van der Waals surface area contributed by atoms with Gasteiger partial charge >= 0.3 is 0 Å². The first-order valence-corrected chi connectivity index (χ1v) is 13.8. The van der Waals surface area contributed by atoms with Gasteiger partial charge in [-0.05, 0) is 142 Å². The van der Waals surface area contributed by atoms with Gasteiger partial charge in [0.15, 0.2) is 17.5 Å². The van der Waals surface area contributed by atoms with E-state index in [1.165, 1.54) is 83.1 Å². The Morgan fingerprint density at radius 2 is 1.30 bits per heavy atom. The summed E-state index contributed by atoms with van der Waals surface area (Å²) in [6.07, 6.45) is 20.7. The molecule has 3 saturated carbocycles. The van der Waals surface area contributed by atoms with Gasteiger partial charge in [0.2, 0.25) is 0 Å². The third kappa shape index (κ3) is 4.94. The highest BCUT2D eigenvalue weighted by molar-refractivity contribution is 5.33. The van der Waals surface area contributed by atoms with Gasteiger partial charge in [0.05, 0.1) is 0 Å². The van der Waals surface area contributed by atoms with Gasteiger partial charge in [0, 0.05) is 0 Å². The average molecular weight is 459 g/mol. The number of hydrogen-bond acceptors (Lipinski definition) is 0. The van der Waals surface area contributed by atoms with Crippen LogP contribution in [-0.2, 0) is 12.8 Å². The second-order valence-electron chi connectivity index (χ2n) is 11.9. The summed E-state index contributed by atoms with van der Waals surface area (Å²) in [5.74, 6) is 2.52. The summed E-state index contributed by atoms with van der Waals surface area (Å²) in [4.78, 5) is 0. The highest BCUT2D eigenvalue weighted by Gasteiger charge is 2.41. The molecule has 5 rings (SSSR count). The van der Waals surface area contributed by atoms with Crippen LogP contribution in [0.3, 0.4) is 0 Å². The van der Waals surface area contributed by atoms with Crippen LogP contribution < -0.4 is 0 Å². The molecule has 0 amide bonds. The summed E-state index contributed by atoms with van der Waals surface area (Å²) in [6, 6.07) is 1.27. The lowest BCUT2D eigenvalue weighted by Crippen LogP contribution is -2.37. The van der Waals surface area contributed by atoms with Crippen molar-refractivity contribution in [1.29, 1.82) is 0 Å². The Morgan fingerprint density at radius 1 is 0.727 bits per heavy atom. The van der Waals surface area contributed by atoms with Gasteiger partial charge in [0.1, 0.15) is 0 Å². The second-order valence-corrected chi connectivity index (χ2v) is 11.9. The summed E-state index contributed by atoms with van der Waals surface area (Å²) in [7, 11) is 0. The Hall–Kier alpha value is -1.25. The van der Waals surface area contributed by atoms with Crippen molar-refractivity contribution >= 4 is 0 Å². The fraction of sp³-hybridized carbons (Fsp3) is 0.733. The number of halogens is 3. The van der Waals surface area contributed by atoms with E-state index in [-0.39, 0.29) is 0 Å². The molecule has 5 atom stereocenters. The fourth-order valence-corrected chi connectivity index (χ4v) is 8.37. The molecular formula is C30H41F3. The van der Waals surface area contributed by atoms with Gasteiger partial charge < -0.3 is 0 Å². The molecule has 0 spiro atoms. The van der Waals surface area contributed by atoms with Crippen LogP contribution in [0.1, 0.15) is 94.6 Å². The summed E-state index contributed by atoms with van der Waals surface area (Å²) in [6.45, 7) is 3.88. The van der Waals surface area contributed by atoms with Crippen LogP contribution in [0.25, 0.3) is 0 Å². The molecule has 5 unspecified atom stereocenters. The molecule has 3 heteroatoms. The maximum absolute atomic E-state index is 14.2. The van der Waals surface area contributed by atoms with Crippen LogP contribution in [0.15, 0.2) is 18.7 Å². The third-order valence-corrected chi connectivity index (χ3v) is 10.3. The van der Waals surface area contributed by atoms with Crippen molar-refractivity contribution in [3.05, 3.63) is 47.3 Å². The average Bonchev–Trinajstić information content (AvgIpc) is 2.85. The molecule has 4 aliphatic rings. The maximum atomic E-state index is 14.2. The first-order chi connectivity index (χ1) is 16.0. The largest absolute Gasteiger partial charge is 0.204 e. The van der Waals surface area contributed by atoms with Crippen LogP contribution in [0.5, 0.6) is 0 Å². The number of fused-ring (bicyclic) bond motifs is 2. The molecule has 0 saturated heterocycles. The van der Waals surface area contributed by atoms with Crippen LogP contribution in [0, 0.1) is 58.9 Å². The smallest absolute Gasteiger partial charge is 0.194 e. The van der Waals surface area contributed by atoms with E-state index in [1.807, 2.05) is 0 Å². The Bertz CT molecular complexity index is 837. The van der Waals surface area contributed by atoms with Crippen molar-refractivity contribution in [3.63, 3.8) is 0 Å². The molecule has 3 fully saturated rings. The number of hydrogen-bond donors (Lipinski definition) is 0. The number of benzene rings is 1. The Balaban J connectivity index is 1.13. The first kappa shape index (κ1) is 23.5. The highest BCUT2D eigenvalue weighted by atomic mass is 19.2. The lowest BCUT2D eigenvalue weighted by Gasteiger charge is -2.47. The van der Waals surface area contributed by atoms with E-state index in [1.54, 1.807) is 0 Å². The first-order valence-electron chi connectivity index (χ1n) is 13.8. The minimum absolute atomic E-state index is 0.429. The molecule has 1 aromatic rings. The van der Waals surface area contributed by atoms with Crippen molar-refractivity contribution in [2.45, 2.75) is 96.3 Å².